The zero-order valence-corrected chi connectivity index (χ0v) is 9.97. The predicted octanol–water partition coefficient (Wildman–Crippen LogP) is -1.96. The molecule has 1 rings (SSSR count). The molecule has 0 aromatic rings. The molecule has 0 bridgehead atoms. The second kappa shape index (κ2) is 6.30. The Kier molecular flexibility index (Phi) is 5.29. The van der Waals surface area contributed by atoms with Gasteiger partial charge in [0.15, 0.2) is 12.5 Å². The van der Waals surface area contributed by atoms with E-state index in [0.717, 1.165) is 12.0 Å². The molecule has 0 saturated carbocycles. The fraction of sp³-hybridized carbons (Fsp3) is 0.800. The molecule has 1 radical (unpaired) electrons. The molecule has 5 atom stereocenters. The molecule has 1 aliphatic rings. The van der Waals surface area contributed by atoms with Gasteiger partial charge in [-0.25, -0.2) is 4.79 Å². The second-order valence-electron chi connectivity index (χ2n) is 3.91. The summed E-state index contributed by atoms with van der Waals surface area (Å²) in [5, 5.41) is 38.0. The summed E-state index contributed by atoms with van der Waals surface area (Å²) in [5.74, 6) is 0. The van der Waals surface area contributed by atoms with Gasteiger partial charge in [-0.05, 0) is 6.42 Å². The van der Waals surface area contributed by atoms with Crippen LogP contribution in [0.5, 0.6) is 0 Å². The van der Waals surface area contributed by atoms with Crippen molar-refractivity contribution >= 4 is 6.09 Å². The second-order valence-corrected chi connectivity index (χ2v) is 3.91. The maximum Gasteiger partial charge on any atom is 0.411 e. The summed E-state index contributed by atoms with van der Waals surface area (Å²) in [6, 6.07) is 0. The summed E-state index contributed by atoms with van der Waals surface area (Å²) in [7, 11) is 1.15. The fourth-order valence-electron chi connectivity index (χ4n) is 1.71. The molecule has 105 valence electrons. The van der Waals surface area contributed by atoms with Crippen LogP contribution in [-0.4, -0.2) is 75.9 Å². The van der Waals surface area contributed by atoms with Gasteiger partial charge in [0.1, 0.15) is 18.3 Å². The minimum Gasteiger partial charge on any atom is -0.453 e. The summed E-state index contributed by atoms with van der Waals surface area (Å²) >= 11 is 0. The predicted molar refractivity (Wildman–Crippen MR) is 58.0 cm³/mol. The molecular weight excluding hydrogens is 246 g/mol. The first-order valence-electron chi connectivity index (χ1n) is 5.45. The standard InChI is InChI=1S/C10H18NO7/c1-3-4-11(10(16)17-2)8-6(13)5(12)7(14)9(15)18-8/h5-9,12-15H,1,3-4H2,2H3/t5-,6-,7+,8+,9+/m0/s1. The number of aliphatic hydroxyl groups is 4. The first-order chi connectivity index (χ1) is 8.43. The maximum atomic E-state index is 11.5. The van der Waals surface area contributed by atoms with E-state index in [-0.39, 0.29) is 6.54 Å². The third-order valence-corrected chi connectivity index (χ3v) is 2.68. The number of aliphatic hydroxyl groups excluding tert-OH is 4. The summed E-state index contributed by atoms with van der Waals surface area (Å²) in [5.41, 5.74) is 0. The molecule has 0 unspecified atom stereocenters. The molecule has 1 saturated heterocycles. The van der Waals surface area contributed by atoms with Crippen LogP contribution in [-0.2, 0) is 9.47 Å². The minimum atomic E-state index is -1.70. The van der Waals surface area contributed by atoms with Crippen molar-refractivity contribution in [2.45, 2.75) is 37.3 Å². The van der Waals surface area contributed by atoms with Crippen LogP contribution in [0.15, 0.2) is 0 Å². The van der Waals surface area contributed by atoms with Crippen LogP contribution < -0.4 is 0 Å². The normalized spacial score (nSPS) is 36.2. The first-order valence-corrected chi connectivity index (χ1v) is 5.45. The van der Waals surface area contributed by atoms with Crippen LogP contribution in [0.3, 0.4) is 0 Å². The molecule has 8 nitrogen and oxygen atoms in total. The van der Waals surface area contributed by atoms with E-state index < -0.39 is 36.9 Å². The number of carbonyl (C=O) groups excluding carboxylic acids is 1. The molecule has 1 amide bonds. The molecule has 0 aromatic carbocycles. The van der Waals surface area contributed by atoms with E-state index in [1.54, 1.807) is 0 Å². The quantitative estimate of drug-likeness (QED) is 0.467. The number of methoxy groups -OCH3 is 1. The Labute approximate surface area is 104 Å². The van der Waals surface area contributed by atoms with Crippen molar-refractivity contribution in [1.82, 2.24) is 4.90 Å². The van der Waals surface area contributed by atoms with Crippen molar-refractivity contribution in [3.63, 3.8) is 0 Å². The van der Waals surface area contributed by atoms with E-state index in [9.17, 15) is 25.2 Å². The molecule has 0 aliphatic carbocycles. The van der Waals surface area contributed by atoms with Crippen molar-refractivity contribution in [2.75, 3.05) is 13.7 Å². The molecule has 1 fully saturated rings. The number of carbonyl (C=O) groups is 1. The third kappa shape index (κ3) is 2.90. The van der Waals surface area contributed by atoms with Gasteiger partial charge in [-0.2, -0.15) is 0 Å². The lowest BCUT2D eigenvalue weighted by atomic mass is 10.0. The van der Waals surface area contributed by atoms with E-state index in [1.165, 1.54) is 0 Å². The van der Waals surface area contributed by atoms with Crippen molar-refractivity contribution in [3.8, 4) is 0 Å². The molecule has 1 aliphatic heterocycles. The van der Waals surface area contributed by atoms with Crippen LogP contribution >= 0.6 is 0 Å². The molecule has 0 spiro atoms. The number of nitrogens with zero attached hydrogens (tertiary/aromatic N) is 1. The highest BCUT2D eigenvalue weighted by Gasteiger charge is 2.46. The maximum absolute atomic E-state index is 11.5. The van der Waals surface area contributed by atoms with E-state index >= 15 is 0 Å². The van der Waals surface area contributed by atoms with Gasteiger partial charge in [0.2, 0.25) is 0 Å². The van der Waals surface area contributed by atoms with Crippen LogP contribution in [0, 0.1) is 6.92 Å². The SMILES string of the molecule is [CH2]CCN(C(=O)OC)[C@@H]1O[C@@H](O)[C@H](O)[C@@H](O)[C@@H]1O. The lowest BCUT2D eigenvalue weighted by Gasteiger charge is -2.42. The Morgan fingerprint density at radius 1 is 1.28 bits per heavy atom. The average molecular weight is 264 g/mol. The highest BCUT2D eigenvalue weighted by Crippen LogP contribution is 2.23. The highest BCUT2D eigenvalue weighted by atomic mass is 16.7. The molecule has 18 heavy (non-hydrogen) atoms. The van der Waals surface area contributed by atoms with E-state index in [4.69, 9.17) is 4.74 Å². The zero-order valence-electron chi connectivity index (χ0n) is 9.97. The molecule has 4 N–H and O–H groups in total. The van der Waals surface area contributed by atoms with Gasteiger partial charge in [-0.1, -0.05) is 6.92 Å². The Morgan fingerprint density at radius 3 is 2.39 bits per heavy atom. The van der Waals surface area contributed by atoms with E-state index in [1.807, 2.05) is 0 Å². The zero-order chi connectivity index (χ0) is 13.9. The van der Waals surface area contributed by atoms with Gasteiger partial charge in [0, 0.05) is 6.54 Å². The van der Waals surface area contributed by atoms with Crippen molar-refractivity contribution < 1.29 is 34.7 Å². The van der Waals surface area contributed by atoms with E-state index in [2.05, 4.69) is 11.7 Å². The molecular formula is C10H18NO7. The monoisotopic (exact) mass is 264 g/mol. The van der Waals surface area contributed by atoms with Gasteiger partial charge in [0.05, 0.1) is 7.11 Å². The third-order valence-electron chi connectivity index (χ3n) is 2.68. The summed E-state index contributed by atoms with van der Waals surface area (Å²) in [6.45, 7) is 3.66. The topological polar surface area (TPSA) is 120 Å². The van der Waals surface area contributed by atoms with Crippen LogP contribution in [0.25, 0.3) is 0 Å². The fourth-order valence-corrected chi connectivity index (χ4v) is 1.71. The lowest BCUT2D eigenvalue weighted by molar-refractivity contribution is -0.305. The number of amides is 1. The Hall–Kier alpha value is -0.930. The summed E-state index contributed by atoms with van der Waals surface area (Å²) in [6.07, 6.45) is -8.33. The number of rotatable bonds is 3. The van der Waals surface area contributed by atoms with E-state index in [0.29, 0.717) is 6.42 Å². The molecule has 0 aromatic heterocycles. The Balaban J connectivity index is 2.86. The summed E-state index contributed by atoms with van der Waals surface area (Å²) in [4.78, 5) is 12.5. The van der Waals surface area contributed by atoms with Gasteiger partial charge < -0.3 is 29.9 Å². The average Bonchev–Trinajstić information content (AvgIpc) is 2.37. The molecule has 1 heterocycles. The van der Waals surface area contributed by atoms with Gasteiger partial charge in [0.25, 0.3) is 0 Å². The van der Waals surface area contributed by atoms with Gasteiger partial charge >= 0.3 is 6.09 Å². The highest BCUT2D eigenvalue weighted by molar-refractivity contribution is 5.67. The van der Waals surface area contributed by atoms with Crippen LogP contribution in [0.2, 0.25) is 0 Å². The van der Waals surface area contributed by atoms with Crippen molar-refractivity contribution in [1.29, 1.82) is 0 Å². The van der Waals surface area contributed by atoms with Gasteiger partial charge in [-0.3, -0.25) is 4.90 Å². The lowest BCUT2D eigenvalue weighted by Crippen LogP contribution is -2.63. The summed E-state index contributed by atoms with van der Waals surface area (Å²) < 4.78 is 9.42. The largest absolute Gasteiger partial charge is 0.453 e. The first kappa shape index (κ1) is 15.1. The number of hydrogen-bond donors (Lipinski definition) is 4. The minimum absolute atomic E-state index is 0.101. The van der Waals surface area contributed by atoms with Crippen molar-refractivity contribution in [2.24, 2.45) is 0 Å². The smallest absolute Gasteiger partial charge is 0.411 e. The van der Waals surface area contributed by atoms with Crippen molar-refractivity contribution in [3.05, 3.63) is 6.92 Å². The Bertz CT molecular complexity index is 287. The Morgan fingerprint density at radius 2 is 1.89 bits per heavy atom. The van der Waals surface area contributed by atoms with Gasteiger partial charge in [-0.15, -0.1) is 0 Å². The molecule has 8 heteroatoms. The number of ether oxygens (including phenoxy) is 2. The number of hydrogen-bond acceptors (Lipinski definition) is 7. The van der Waals surface area contributed by atoms with Crippen LogP contribution in [0.1, 0.15) is 6.42 Å². The van der Waals surface area contributed by atoms with Crippen LogP contribution in [0.4, 0.5) is 4.79 Å².